The first kappa shape index (κ1) is 19.8. The summed E-state index contributed by atoms with van der Waals surface area (Å²) in [6.45, 7) is 4.26. The van der Waals surface area contributed by atoms with Gasteiger partial charge in [0.15, 0.2) is 0 Å². The summed E-state index contributed by atoms with van der Waals surface area (Å²) < 4.78 is 13.8. The predicted molar refractivity (Wildman–Crippen MR) is 122 cm³/mol. The van der Waals surface area contributed by atoms with E-state index < -0.39 is 4.87 Å². The SMILES string of the molecule is Cc1ccc(N2C(=O)CSC23C(=O)N(Cc2cccc(F)c2)c2ccccc23)cc1C. The molecule has 156 valence electrons. The van der Waals surface area contributed by atoms with Gasteiger partial charge in [-0.05, 0) is 60.9 Å². The number of benzene rings is 3. The number of amides is 2. The topological polar surface area (TPSA) is 40.6 Å². The average Bonchev–Trinajstić information content (AvgIpc) is 3.22. The average molecular weight is 433 g/mol. The standard InChI is InChI=1S/C25H21FN2O2S/c1-16-10-11-20(12-17(16)2)28-23(29)15-31-25(28)21-8-3-4-9-22(21)27(24(25)30)14-18-6-5-7-19(26)13-18/h3-13H,14-15H2,1-2H3. The van der Waals surface area contributed by atoms with Crippen molar-refractivity contribution in [2.45, 2.75) is 25.3 Å². The number of thioether (sulfide) groups is 1. The number of para-hydroxylation sites is 1. The van der Waals surface area contributed by atoms with Gasteiger partial charge in [0.25, 0.3) is 5.91 Å². The van der Waals surface area contributed by atoms with Crippen LogP contribution in [0.2, 0.25) is 0 Å². The molecule has 2 amide bonds. The van der Waals surface area contributed by atoms with Gasteiger partial charge in [-0.2, -0.15) is 0 Å². The molecule has 2 heterocycles. The van der Waals surface area contributed by atoms with Crippen LogP contribution in [0.1, 0.15) is 22.3 Å². The van der Waals surface area contributed by atoms with Gasteiger partial charge < -0.3 is 4.90 Å². The number of aryl methyl sites for hydroxylation is 2. The molecule has 0 saturated carbocycles. The lowest BCUT2D eigenvalue weighted by Gasteiger charge is -2.33. The Balaban J connectivity index is 1.65. The van der Waals surface area contributed by atoms with Crippen molar-refractivity contribution in [3.05, 3.63) is 94.8 Å². The Kier molecular flexibility index (Phi) is 4.63. The maximum Gasteiger partial charge on any atom is 0.269 e. The van der Waals surface area contributed by atoms with Crippen molar-refractivity contribution in [3.8, 4) is 0 Å². The summed E-state index contributed by atoms with van der Waals surface area (Å²) in [5.74, 6) is -0.383. The molecule has 1 saturated heterocycles. The molecule has 1 spiro atoms. The van der Waals surface area contributed by atoms with Crippen LogP contribution in [0.15, 0.2) is 66.7 Å². The number of halogens is 1. The lowest BCUT2D eigenvalue weighted by atomic mass is 10.0. The molecule has 0 aliphatic carbocycles. The van der Waals surface area contributed by atoms with Crippen molar-refractivity contribution in [2.75, 3.05) is 15.6 Å². The number of nitrogens with zero attached hydrogens (tertiary/aromatic N) is 2. The van der Waals surface area contributed by atoms with Gasteiger partial charge in [-0.1, -0.05) is 36.4 Å². The Morgan fingerprint density at radius 3 is 2.55 bits per heavy atom. The number of hydrogen-bond acceptors (Lipinski definition) is 3. The molecule has 1 unspecified atom stereocenters. The molecule has 5 rings (SSSR count). The van der Waals surface area contributed by atoms with Crippen molar-refractivity contribution in [2.24, 2.45) is 0 Å². The van der Waals surface area contributed by atoms with E-state index in [0.29, 0.717) is 11.3 Å². The summed E-state index contributed by atoms with van der Waals surface area (Å²) >= 11 is 1.35. The molecule has 6 heteroatoms. The van der Waals surface area contributed by atoms with Gasteiger partial charge in [-0.25, -0.2) is 4.39 Å². The second-order valence-corrected chi connectivity index (χ2v) is 9.14. The van der Waals surface area contributed by atoms with E-state index in [2.05, 4.69) is 0 Å². The Bertz CT molecular complexity index is 1230. The highest BCUT2D eigenvalue weighted by molar-refractivity contribution is 8.02. The van der Waals surface area contributed by atoms with Crippen LogP contribution in [0, 0.1) is 19.7 Å². The fraction of sp³-hybridized carbons (Fsp3) is 0.200. The first-order valence-electron chi connectivity index (χ1n) is 10.1. The zero-order chi connectivity index (χ0) is 21.8. The van der Waals surface area contributed by atoms with Crippen LogP contribution in [0.3, 0.4) is 0 Å². The van der Waals surface area contributed by atoms with Crippen LogP contribution >= 0.6 is 11.8 Å². The maximum absolute atomic E-state index is 14.0. The molecular weight excluding hydrogens is 411 g/mol. The normalized spacial score (nSPS) is 20.1. The summed E-state index contributed by atoms with van der Waals surface area (Å²) in [4.78, 5) is 29.2. The van der Waals surface area contributed by atoms with Gasteiger partial charge in [-0.15, -0.1) is 11.8 Å². The summed E-state index contributed by atoms with van der Waals surface area (Å²) in [5.41, 5.74) is 5.16. The molecular formula is C25H21FN2O2S. The Morgan fingerprint density at radius 2 is 1.77 bits per heavy atom. The van der Waals surface area contributed by atoms with Crippen LogP contribution in [-0.4, -0.2) is 17.6 Å². The number of hydrogen-bond donors (Lipinski definition) is 0. The quantitative estimate of drug-likeness (QED) is 0.590. The Morgan fingerprint density at radius 1 is 0.968 bits per heavy atom. The third kappa shape index (κ3) is 2.97. The third-order valence-corrected chi connectivity index (χ3v) is 7.43. The van der Waals surface area contributed by atoms with Crippen LogP contribution in [-0.2, 0) is 21.0 Å². The second-order valence-electron chi connectivity index (χ2n) is 7.97. The Labute approximate surface area is 184 Å². The van der Waals surface area contributed by atoms with Crippen molar-refractivity contribution < 1.29 is 14.0 Å². The third-order valence-electron chi connectivity index (χ3n) is 6.04. The molecule has 0 aromatic heterocycles. The minimum atomic E-state index is -1.15. The molecule has 4 nitrogen and oxygen atoms in total. The smallest absolute Gasteiger partial charge is 0.269 e. The molecule has 1 fully saturated rings. The molecule has 0 N–H and O–H groups in total. The highest BCUT2D eigenvalue weighted by atomic mass is 32.2. The molecule has 2 aliphatic rings. The fourth-order valence-corrected chi connectivity index (χ4v) is 5.75. The van der Waals surface area contributed by atoms with E-state index in [4.69, 9.17) is 0 Å². The molecule has 31 heavy (non-hydrogen) atoms. The Hall–Kier alpha value is -3.12. The molecule has 0 radical (unpaired) electrons. The number of rotatable bonds is 3. The first-order valence-corrected chi connectivity index (χ1v) is 11.1. The summed E-state index contributed by atoms with van der Waals surface area (Å²) in [6, 6.07) is 19.7. The molecule has 1 atom stereocenters. The van der Waals surface area contributed by atoms with E-state index in [0.717, 1.165) is 22.4 Å². The maximum atomic E-state index is 14.0. The summed E-state index contributed by atoms with van der Waals surface area (Å²) in [6.07, 6.45) is 0. The first-order chi connectivity index (χ1) is 14.9. The molecule has 3 aromatic carbocycles. The minimum absolute atomic E-state index is 0.0935. The van der Waals surface area contributed by atoms with E-state index >= 15 is 0 Å². The predicted octanol–water partition coefficient (Wildman–Crippen LogP) is 4.92. The minimum Gasteiger partial charge on any atom is -0.304 e. The van der Waals surface area contributed by atoms with Gasteiger partial charge in [0.2, 0.25) is 10.8 Å². The molecule has 3 aromatic rings. The largest absolute Gasteiger partial charge is 0.304 e. The van der Waals surface area contributed by atoms with Crippen LogP contribution in [0.4, 0.5) is 15.8 Å². The number of anilines is 2. The second kappa shape index (κ2) is 7.24. The summed E-state index contributed by atoms with van der Waals surface area (Å²) in [5, 5.41) is 0. The van der Waals surface area contributed by atoms with Crippen LogP contribution < -0.4 is 9.80 Å². The van der Waals surface area contributed by atoms with Crippen LogP contribution in [0.25, 0.3) is 0 Å². The zero-order valence-corrected chi connectivity index (χ0v) is 18.1. The van der Waals surface area contributed by atoms with Gasteiger partial charge in [0.05, 0.1) is 18.0 Å². The lowest BCUT2D eigenvalue weighted by molar-refractivity contribution is -0.123. The summed E-state index contributed by atoms with van der Waals surface area (Å²) in [7, 11) is 0. The number of fused-ring (bicyclic) bond motifs is 2. The fourth-order valence-electron chi connectivity index (χ4n) is 4.39. The van der Waals surface area contributed by atoms with Crippen molar-refractivity contribution in [1.82, 2.24) is 0 Å². The van der Waals surface area contributed by atoms with Crippen molar-refractivity contribution in [3.63, 3.8) is 0 Å². The number of carbonyl (C=O) groups is 2. The van der Waals surface area contributed by atoms with Gasteiger partial charge in [0.1, 0.15) is 5.82 Å². The van der Waals surface area contributed by atoms with Crippen LogP contribution in [0.5, 0.6) is 0 Å². The molecule has 0 bridgehead atoms. The van der Waals surface area contributed by atoms with E-state index in [1.807, 2.05) is 56.3 Å². The highest BCUT2D eigenvalue weighted by Crippen LogP contribution is 2.56. The van der Waals surface area contributed by atoms with E-state index in [1.165, 1.54) is 23.9 Å². The van der Waals surface area contributed by atoms with Gasteiger partial charge in [-0.3, -0.25) is 14.5 Å². The van der Waals surface area contributed by atoms with E-state index in [1.54, 1.807) is 21.9 Å². The zero-order valence-electron chi connectivity index (χ0n) is 17.3. The van der Waals surface area contributed by atoms with Gasteiger partial charge >= 0.3 is 0 Å². The van der Waals surface area contributed by atoms with Crippen molar-refractivity contribution in [1.29, 1.82) is 0 Å². The monoisotopic (exact) mass is 432 g/mol. The lowest BCUT2D eigenvalue weighted by Crippen LogP contribution is -2.49. The van der Waals surface area contributed by atoms with Gasteiger partial charge in [0, 0.05) is 11.3 Å². The highest BCUT2D eigenvalue weighted by Gasteiger charge is 2.60. The van der Waals surface area contributed by atoms with E-state index in [9.17, 15) is 14.0 Å². The van der Waals surface area contributed by atoms with Crippen molar-refractivity contribution >= 4 is 35.0 Å². The number of carbonyl (C=O) groups excluding carboxylic acids is 2. The van der Waals surface area contributed by atoms with E-state index in [-0.39, 0.29) is 29.9 Å². The molecule has 2 aliphatic heterocycles.